The average Bonchev–Trinajstić information content (AvgIpc) is 2.44. The Hall–Kier alpha value is -1.67. The molecule has 1 fully saturated rings. The first kappa shape index (κ1) is 14.7. The van der Waals surface area contributed by atoms with Crippen molar-refractivity contribution in [1.82, 2.24) is 10.2 Å². The minimum Gasteiger partial charge on any atom is -0.372 e. The third-order valence-corrected chi connectivity index (χ3v) is 3.66. The molecule has 5 nitrogen and oxygen atoms in total. The van der Waals surface area contributed by atoms with E-state index in [1.165, 1.54) is 0 Å². The van der Waals surface area contributed by atoms with Crippen LogP contribution in [0.25, 0.3) is 0 Å². The van der Waals surface area contributed by atoms with Crippen molar-refractivity contribution in [1.29, 1.82) is 5.26 Å². The van der Waals surface area contributed by atoms with Crippen LogP contribution < -0.4 is 4.90 Å². The monoisotopic (exact) mass is 274 g/mol. The molecule has 2 heterocycles. The number of rotatable bonds is 3. The topological polar surface area (TPSA) is 62.0 Å². The third kappa shape index (κ3) is 2.75. The second kappa shape index (κ2) is 6.19. The molecular weight excluding hydrogens is 252 g/mol. The van der Waals surface area contributed by atoms with Crippen molar-refractivity contribution < 1.29 is 4.74 Å². The summed E-state index contributed by atoms with van der Waals surface area (Å²) in [7, 11) is 0. The van der Waals surface area contributed by atoms with Gasteiger partial charge in [0.05, 0.1) is 17.9 Å². The number of aryl methyl sites for hydroxylation is 1. The molecule has 2 unspecified atom stereocenters. The van der Waals surface area contributed by atoms with Crippen LogP contribution in [0.15, 0.2) is 0 Å². The zero-order valence-corrected chi connectivity index (χ0v) is 12.7. The minimum absolute atomic E-state index is 0.142. The first-order chi connectivity index (χ1) is 9.60. The summed E-state index contributed by atoms with van der Waals surface area (Å²) in [4.78, 5) is 2.13. The maximum Gasteiger partial charge on any atom is 0.169 e. The van der Waals surface area contributed by atoms with Gasteiger partial charge >= 0.3 is 0 Å². The molecule has 2 atom stereocenters. The number of nitrogens with zero attached hydrogens (tertiary/aromatic N) is 4. The molecule has 5 heteroatoms. The number of hydrogen-bond donors (Lipinski definition) is 0. The molecule has 1 aliphatic heterocycles. The van der Waals surface area contributed by atoms with Crippen LogP contribution in [0.1, 0.15) is 44.5 Å². The van der Waals surface area contributed by atoms with Gasteiger partial charge in [-0.25, -0.2) is 0 Å². The van der Waals surface area contributed by atoms with Crippen LogP contribution in [0.3, 0.4) is 0 Å². The summed E-state index contributed by atoms with van der Waals surface area (Å²) in [6, 6.07) is 2.33. The van der Waals surface area contributed by atoms with E-state index in [4.69, 9.17) is 4.74 Å². The summed E-state index contributed by atoms with van der Waals surface area (Å²) in [5.41, 5.74) is 2.65. The van der Waals surface area contributed by atoms with E-state index in [1.54, 1.807) is 0 Å². The lowest BCUT2D eigenvalue weighted by molar-refractivity contribution is -0.00552. The lowest BCUT2D eigenvalue weighted by Crippen LogP contribution is -2.46. The Morgan fingerprint density at radius 3 is 2.35 bits per heavy atom. The van der Waals surface area contributed by atoms with Crippen LogP contribution in [-0.4, -0.2) is 35.5 Å². The number of nitriles is 1. The van der Waals surface area contributed by atoms with E-state index >= 15 is 0 Å². The van der Waals surface area contributed by atoms with E-state index < -0.39 is 0 Å². The van der Waals surface area contributed by atoms with Crippen molar-refractivity contribution in [3.05, 3.63) is 16.8 Å². The normalized spacial score (nSPS) is 22.6. The number of aromatic nitrogens is 2. The van der Waals surface area contributed by atoms with Gasteiger partial charge in [-0.05, 0) is 32.3 Å². The van der Waals surface area contributed by atoms with Crippen LogP contribution >= 0.6 is 0 Å². The number of morpholine rings is 1. The molecule has 0 N–H and O–H groups in total. The highest BCUT2D eigenvalue weighted by atomic mass is 16.5. The fourth-order valence-corrected chi connectivity index (χ4v) is 2.85. The van der Waals surface area contributed by atoms with E-state index in [9.17, 15) is 5.26 Å². The molecule has 0 spiro atoms. The lowest BCUT2D eigenvalue weighted by Gasteiger charge is -2.36. The molecular formula is C15H22N4O. The van der Waals surface area contributed by atoms with E-state index in [1.807, 2.05) is 20.8 Å². The van der Waals surface area contributed by atoms with Gasteiger partial charge in [-0.15, -0.1) is 5.10 Å². The second-order valence-electron chi connectivity index (χ2n) is 5.31. The lowest BCUT2D eigenvalue weighted by atomic mass is 10.0. The highest BCUT2D eigenvalue weighted by Gasteiger charge is 2.27. The molecule has 1 saturated heterocycles. The maximum absolute atomic E-state index is 9.54. The Bertz CT molecular complexity index is 513. The molecule has 20 heavy (non-hydrogen) atoms. The molecule has 0 aromatic carbocycles. The Morgan fingerprint density at radius 1 is 1.20 bits per heavy atom. The molecule has 2 rings (SSSR count). The zero-order valence-electron chi connectivity index (χ0n) is 12.7. The molecule has 1 aliphatic rings. The van der Waals surface area contributed by atoms with Crippen molar-refractivity contribution in [2.45, 2.75) is 52.7 Å². The van der Waals surface area contributed by atoms with Crippen molar-refractivity contribution in [2.75, 3.05) is 18.0 Å². The Morgan fingerprint density at radius 2 is 1.85 bits per heavy atom. The smallest absolute Gasteiger partial charge is 0.169 e. The molecule has 1 aromatic rings. The van der Waals surface area contributed by atoms with E-state index in [2.05, 4.69) is 28.1 Å². The van der Waals surface area contributed by atoms with E-state index in [0.717, 1.165) is 37.2 Å². The molecule has 1 aromatic heterocycles. The molecule has 0 amide bonds. The third-order valence-electron chi connectivity index (χ3n) is 3.66. The number of ether oxygens (including phenoxy) is 1. The van der Waals surface area contributed by atoms with E-state index in [-0.39, 0.29) is 12.2 Å². The fraction of sp³-hybridized carbons (Fsp3) is 0.667. The predicted molar refractivity (Wildman–Crippen MR) is 77.7 cm³/mol. The van der Waals surface area contributed by atoms with Crippen molar-refractivity contribution in [2.24, 2.45) is 0 Å². The Balaban J connectivity index is 2.44. The SMILES string of the molecule is CCc1nnc(N2CC(C)OC(C)C2)c(C#N)c1CC. The minimum atomic E-state index is 0.142. The van der Waals surface area contributed by atoms with Crippen molar-refractivity contribution >= 4 is 5.82 Å². The van der Waals surface area contributed by atoms with Crippen molar-refractivity contribution in [3.63, 3.8) is 0 Å². The van der Waals surface area contributed by atoms with Crippen LogP contribution in [0.5, 0.6) is 0 Å². The van der Waals surface area contributed by atoms with Gasteiger partial charge in [-0.2, -0.15) is 10.4 Å². The van der Waals surface area contributed by atoms with Crippen LogP contribution in [0, 0.1) is 11.3 Å². The van der Waals surface area contributed by atoms with Crippen LogP contribution in [-0.2, 0) is 17.6 Å². The van der Waals surface area contributed by atoms with Gasteiger partial charge in [-0.3, -0.25) is 0 Å². The zero-order chi connectivity index (χ0) is 14.7. The summed E-state index contributed by atoms with van der Waals surface area (Å²) in [5.74, 6) is 0.712. The van der Waals surface area contributed by atoms with Gasteiger partial charge in [-0.1, -0.05) is 13.8 Å². The number of hydrogen-bond acceptors (Lipinski definition) is 5. The average molecular weight is 274 g/mol. The first-order valence-electron chi connectivity index (χ1n) is 7.29. The van der Waals surface area contributed by atoms with Crippen LogP contribution in [0.4, 0.5) is 5.82 Å². The molecule has 0 bridgehead atoms. The van der Waals surface area contributed by atoms with Gasteiger partial charge < -0.3 is 9.64 Å². The molecule has 0 saturated carbocycles. The molecule has 0 aliphatic carbocycles. The van der Waals surface area contributed by atoms with Gasteiger partial charge in [0.2, 0.25) is 0 Å². The van der Waals surface area contributed by atoms with Gasteiger partial charge in [0.25, 0.3) is 0 Å². The summed E-state index contributed by atoms with van der Waals surface area (Å²) in [6.07, 6.45) is 1.90. The van der Waals surface area contributed by atoms with Gasteiger partial charge in [0, 0.05) is 13.1 Å². The standard InChI is InChI=1S/C15H22N4O/c1-5-12-13(7-16)15(18-17-14(12)6-2)19-8-10(3)20-11(4)9-19/h10-11H,5-6,8-9H2,1-4H3. The largest absolute Gasteiger partial charge is 0.372 e. The summed E-state index contributed by atoms with van der Waals surface area (Å²) in [5, 5.41) is 18.2. The summed E-state index contributed by atoms with van der Waals surface area (Å²) < 4.78 is 5.74. The van der Waals surface area contributed by atoms with Crippen LogP contribution in [0.2, 0.25) is 0 Å². The number of anilines is 1. The summed E-state index contributed by atoms with van der Waals surface area (Å²) >= 11 is 0. The van der Waals surface area contributed by atoms with E-state index in [0.29, 0.717) is 11.4 Å². The fourth-order valence-electron chi connectivity index (χ4n) is 2.85. The quantitative estimate of drug-likeness (QED) is 0.844. The Labute approximate surface area is 120 Å². The van der Waals surface area contributed by atoms with Gasteiger partial charge in [0.1, 0.15) is 11.6 Å². The first-order valence-corrected chi connectivity index (χ1v) is 7.29. The highest BCUT2D eigenvalue weighted by molar-refractivity contribution is 5.58. The Kier molecular flexibility index (Phi) is 4.56. The molecule has 0 radical (unpaired) electrons. The van der Waals surface area contributed by atoms with Gasteiger partial charge in [0.15, 0.2) is 5.82 Å². The van der Waals surface area contributed by atoms with Crippen molar-refractivity contribution in [3.8, 4) is 6.07 Å². The second-order valence-corrected chi connectivity index (χ2v) is 5.31. The highest BCUT2D eigenvalue weighted by Crippen LogP contribution is 2.25. The summed E-state index contributed by atoms with van der Waals surface area (Å²) in [6.45, 7) is 9.70. The maximum atomic E-state index is 9.54. The predicted octanol–water partition coefficient (Wildman–Crippen LogP) is 2.09. The molecule has 108 valence electrons.